The van der Waals surface area contributed by atoms with E-state index in [1.807, 2.05) is 0 Å². The molecular formula is C18H27N3. The molecule has 0 saturated carbocycles. The number of nitrogens with two attached hydrogens (primary N) is 1. The second-order valence-corrected chi connectivity index (χ2v) is 7.18. The number of aromatic nitrogens is 2. The van der Waals surface area contributed by atoms with Crippen LogP contribution < -0.4 is 5.73 Å². The molecule has 3 nitrogen and oxygen atoms in total. The summed E-state index contributed by atoms with van der Waals surface area (Å²) in [5.74, 6) is 2.15. The zero-order valence-corrected chi connectivity index (χ0v) is 14.3. The van der Waals surface area contributed by atoms with Crippen molar-refractivity contribution in [1.29, 1.82) is 0 Å². The Labute approximate surface area is 128 Å². The summed E-state index contributed by atoms with van der Waals surface area (Å²) >= 11 is 0. The quantitative estimate of drug-likeness (QED) is 0.874. The number of nitrogens with zero attached hydrogens (tertiary/aromatic N) is 2. The topological polar surface area (TPSA) is 43.8 Å². The lowest BCUT2D eigenvalue weighted by molar-refractivity contribution is 0.382. The third-order valence-corrected chi connectivity index (χ3v) is 3.77. The van der Waals surface area contributed by atoms with Crippen LogP contribution >= 0.6 is 0 Å². The molecule has 1 aromatic carbocycles. The molecule has 0 amide bonds. The molecule has 0 bridgehead atoms. The van der Waals surface area contributed by atoms with E-state index in [9.17, 15) is 0 Å². The van der Waals surface area contributed by atoms with Crippen molar-refractivity contribution >= 4 is 5.82 Å². The fourth-order valence-electron chi connectivity index (χ4n) is 2.73. The minimum Gasteiger partial charge on any atom is -0.383 e. The molecule has 2 N–H and O–H groups in total. The van der Waals surface area contributed by atoms with Crippen molar-refractivity contribution < 1.29 is 0 Å². The van der Waals surface area contributed by atoms with Crippen LogP contribution in [0.5, 0.6) is 0 Å². The van der Waals surface area contributed by atoms with Gasteiger partial charge in [-0.25, -0.2) is 4.98 Å². The third kappa shape index (κ3) is 2.82. The van der Waals surface area contributed by atoms with Crippen LogP contribution in [0, 0.1) is 13.8 Å². The SMILES string of the molecule is Cc1ccc(C)c(-c2nc(C(C)C)n(C(C)(C)C)c2N)c1. The normalized spacial score (nSPS) is 12.2. The summed E-state index contributed by atoms with van der Waals surface area (Å²) in [4.78, 5) is 4.89. The van der Waals surface area contributed by atoms with E-state index in [0.717, 1.165) is 22.9 Å². The van der Waals surface area contributed by atoms with Crippen LogP contribution in [0.25, 0.3) is 11.3 Å². The summed E-state index contributed by atoms with van der Waals surface area (Å²) in [6.45, 7) is 15.0. The molecule has 0 radical (unpaired) electrons. The fourth-order valence-corrected chi connectivity index (χ4v) is 2.73. The molecule has 21 heavy (non-hydrogen) atoms. The molecule has 1 heterocycles. The Balaban J connectivity index is 2.74. The number of hydrogen-bond donors (Lipinski definition) is 1. The molecular weight excluding hydrogens is 258 g/mol. The van der Waals surface area contributed by atoms with E-state index >= 15 is 0 Å². The highest BCUT2D eigenvalue weighted by Gasteiger charge is 2.26. The molecule has 0 spiro atoms. The van der Waals surface area contributed by atoms with Gasteiger partial charge < -0.3 is 10.3 Å². The highest BCUT2D eigenvalue weighted by atomic mass is 15.2. The van der Waals surface area contributed by atoms with Gasteiger partial charge in [0.15, 0.2) is 0 Å². The van der Waals surface area contributed by atoms with E-state index in [0.29, 0.717) is 5.92 Å². The molecule has 0 fully saturated rings. The van der Waals surface area contributed by atoms with Crippen LogP contribution in [0.2, 0.25) is 0 Å². The van der Waals surface area contributed by atoms with Gasteiger partial charge in [0, 0.05) is 17.0 Å². The van der Waals surface area contributed by atoms with E-state index in [4.69, 9.17) is 10.7 Å². The standard InChI is InChI=1S/C18H27N3/c1-11(2)17-20-15(16(19)21(17)18(5,6)7)14-10-12(3)8-9-13(14)4/h8-11H,19H2,1-7H3. The number of hydrogen-bond acceptors (Lipinski definition) is 2. The Morgan fingerprint density at radius 1 is 1.14 bits per heavy atom. The van der Waals surface area contributed by atoms with E-state index in [1.54, 1.807) is 0 Å². The van der Waals surface area contributed by atoms with Gasteiger partial charge >= 0.3 is 0 Å². The molecule has 0 aliphatic heterocycles. The first-order valence-corrected chi connectivity index (χ1v) is 7.59. The van der Waals surface area contributed by atoms with Crippen LogP contribution in [-0.4, -0.2) is 9.55 Å². The van der Waals surface area contributed by atoms with Crippen LogP contribution in [-0.2, 0) is 5.54 Å². The number of imidazole rings is 1. The predicted octanol–water partition coefficient (Wildman–Crippen LogP) is 4.63. The Morgan fingerprint density at radius 3 is 2.24 bits per heavy atom. The number of anilines is 1. The van der Waals surface area contributed by atoms with Crippen molar-refractivity contribution in [3.05, 3.63) is 35.2 Å². The van der Waals surface area contributed by atoms with Crippen LogP contribution in [0.4, 0.5) is 5.82 Å². The van der Waals surface area contributed by atoms with Crippen molar-refractivity contribution in [2.45, 2.75) is 59.9 Å². The van der Waals surface area contributed by atoms with Crippen LogP contribution in [0.15, 0.2) is 18.2 Å². The van der Waals surface area contributed by atoms with E-state index in [2.05, 4.69) is 71.2 Å². The zero-order chi connectivity index (χ0) is 15.9. The lowest BCUT2D eigenvalue weighted by atomic mass is 10.0. The number of rotatable bonds is 2. The molecule has 1 aromatic heterocycles. The van der Waals surface area contributed by atoms with Gasteiger partial charge in [-0.1, -0.05) is 31.5 Å². The van der Waals surface area contributed by atoms with Crippen molar-refractivity contribution in [2.24, 2.45) is 0 Å². The van der Waals surface area contributed by atoms with Gasteiger partial charge in [-0.2, -0.15) is 0 Å². The molecule has 0 unspecified atom stereocenters. The largest absolute Gasteiger partial charge is 0.383 e. The summed E-state index contributed by atoms with van der Waals surface area (Å²) in [5.41, 5.74) is 10.9. The van der Waals surface area contributed by atoms with Crippen molar-refractivity contribution in [1.82, 2.24) is 9.55 Å². The summed E-state index contributed by atoms with van der Waals surface area (Å²) in [6.07, 6.45) is 0. The average Bonchev–Trinajstić information content (AvgIpc) is 2.70. The first-order valence-electron chi connectivity index (χ1n) is 7.59. The van der Waals surface area contributed by atoms with Gasteiger partial charge in [0.05, 0.1) is 0 Å². The first kappa shape index (κ1) is 15.6. The lowest BCUT2D eigenvalue weighted by Crippen LogP contribution is -2.26. The van der Waals surface area contributed by atoms with Crippen LogP contribution in [0.3, 0.4) is 0 Å². The predicted molar refractivity (Wildman–Crippen MR) is 90.6 cm³/mol. The Hall–Kier alpha value is -1.77. The van der Waals surface area contributed by atoms with Gasteiger partial charge in [-0.15, -0.1) is 0 Å². The highest BCUT2D eigenvalue weighted by Crippen LogP contribution is 2.35. The second kappa shape index (κ2) is 5.21. The molecule has 114 valence electrons. The molecule has 0 aliphatic carbocycles. The van der Waals surface area contributed by atoms with Crippen molar-refractivity contribution in [3.8, 4) is 11.3 Å². The third-order valence-electron chi connectivity index (χ3n) is 3.77. The van der Waals surface area contributed by atoms with E-state index in [1.165, 1.54) is 11.1 Å². The zero-order valence-electron chi connectivity index (χ0n) is 14.3. The summed E-state index contributed by atoms with van der Waals surface area (Å²) in [6, 6.07) is 6.43. The molecule has 0 atom stereocenters. The summed E-state index contributed by atoms with van der Waals surface area (Å²) in [7, 11) is 0. The second-order valence-electron chi connectivity index (χ2n) is 7.18. The van der Waals surface area contributed by atoms with Crippen molar-refractivity contribution in [3.63, 3.8) is 0 Å². The van der Waals surface area contributed by atoms with Gasteiger partial charge in [0.1, 0.15) is 17.3 Å². The van der Waals surface area contributed by atoms with Crippen molar-refractivity contribution in [2.75, 3.05) is 5.73 Å². The maximum absolute atomic E-state index is 6.48. The molecule has 3 heteroatoms. The maximum Gasteiger partial charge on any atom is 0.132 e. The number of nitrogen functional groups attached to an aromatic ring is 1. The number of aryl methyl sites for hydroxylation is 2. The monoisotopic (exact) mass is 285 g/mol. The average molecular weight is 285 g/mol. The minimum atomic E-state index is -0.0767. The minimum absolute atomic E-state index is 0.0767. The fraction of sp³-hybridized carbons (Fsp3) is 0.500. The lowest BCUT2D eigenvalue weighted by Gasteiger charge is -2.26. The van der Waals surface area contributed by atoms with Gasteiger partial charge in [0.2, 0.25) is 0 Å². The van der Waals surface area contributed by atoms with E-state index in [-0.39, 0.29) is 5.54 Å². The smallest absolute Gasteiger partial charge is 0.132 e. The van der Waals surface area contributed by atoms with Gasteiger partial charge in [-0.05, 0) is 46.2 Å². The molecule has 2 rings (SSSR count). The van der Waals surface area contributed by atoms with Gasteiger partial charge in [0.25, 0.3) is 0 Å². The van der Waals surface area contributed by atoms with Gasteiger partial charge in [-0.3, -0.25) is 0 Å². The molecule has 0 aliphatic rings. The first-order chi connectivity index (χ1) is 9.62. The summed E-state index contributed by atoms with van der Waals surface area (Å²) in [5, 5.41) is 0. The summed E-state index contributed by atoms with van der Waals surface area (Å²) < 4.78 is 2.18. The number of benzene rings is 1. The highest BCUT2D eigenvalue weighted by molar-refractivity contribution is 5.74. The van der Waals surface area contributed by atoms with E-state index < -0.39 is 0 Å². The Morgan fingerprint density at radius 2 is 1.76 bits per heavy atom. The van der Waals surface area contributed by atoms with Crippen LogP contribution in [0.1, 0.15) is 57.5 Å². The molecule has 2 aromatic rings. The molecule has 0 saturated heterocycles. The Kier molecular flexibility index (Phi) is 3.87. The Bertz CT molecular complexity index is 658. The maximum atomic E-state index is 6.48.